The summed E-state index contributed by atoms with van der Waals surface area (Å²) in [5.74, 6) is 1.32. The number of aliphatic hydroxyl groups is 1. The highest BCUT2D eigenvalue weighted by Gasteiger charge is 2.42. The lowest BCUT2D eigenvalue weighted by molar-refractivity contribution is 0.108. The number of hydrogen-bond donors (Lipinski definition) is 1. The van der Waals surface area contributed by atoms with Crippen LogP contribution in [0.1, 0.15) is 22.4 Å². The van der Waals surface area contributed by atoms with Crippen LogP contribution in [0, 0.1) is 6.92 Å². The topological polar surface area (TPSA) is 42.4 Å². The minimum absolute atomic E-state index is 0.598. The highest BCUT2D eigenvalue weighted by Crippen LogP contribution is 2.49. The predicted molar refractivity (Wildman–Crippen MR) is 84.0 cm³/mol. The van der Waals surface area contributed by atoms with Gasteiger partial charge in [-0.05, 0) is 30.7 Å². The first-order valence-corrected chi connectivity index (χ1v) is 7.22. The summed E-state index contributed by atoms with van der Waals surface area (Å²) in [5, 5.41) is 11.6. The van der Waals surface area contributed by atoms with Crippen LogP contribution >= 0.6 is 0 Å². The lowest BCUT2D eigenvalue weighted by Gasteiger charge is -2.35. The molecule has 1 N–H and O–H groups in total. The molecule has 1 aliphatic rings. The second-order valence-corrected chi connectivity index (χ2v) is 5.53. The maximum absolute atomic E-state index is 11.6. The van der Waals surface area contributed by atoms with Crippen LogP contribution < -0.4 is 4.74 Å². The van der Waals surface area contributed by atoms with Crippen molar-refractivity contribution in [3.63, 3.8) is 0 Å². The molecule has 3 aromatic rings. The lowest BCUT2D eigenvalue weighted by atomic mass is 9.80. The number of pyridine rings is 1. The van der Waals surface area contributed by atoms with Gasteiger partial charge in [-0.1, -0.05) is 42.5 Å². The highest BCUT2D eigenvalue weighted by molar-refractivity contribution is 5.59. The van der Waals surface area contributed by atoms with Crippen molar-refractivity contribution >= 4 is 0 Å². The molecule has 0 saturated carbocycles. The molecule has 0 unspecified atom stereocenters. The number of ether oxygens (including phenoxy) is 1. The van der Waals surface area contributed by atoms with Crippen molar-refractivity contribution in [3.05, 3.63) is 89.2 Å². The molecule has 1 aromatic heterocycles. The number of aryl methyl sites for hydroxylation is 1. The van der Waals surface area contributed by atoms with Gasteiger partial charge < -0.3 is 9.84 Å². The zero-order valence-corrected chi connectivity index (χ0v) is 12.2. The van der Waals surface area contributed by atoms with Crippen molar-refractivity contribution < 1.29 is 9.84 Å². The van der Waals surface area contributed by atoms with Crippen LogP contribution in [-0.2, 0) is 5.60 Å². The average Bonchev–Trinajstić information content (AvgIpc) is 2.56. The zero-order chi connectivity index (χ0) is 15.2. The standard InChI is InChI=1S/C19H15NO2/c1-13-10-11-18(20-12-13)19(21)14-6-2-4-8-16(14)22-17-9-5-3-7-15(17)19/h2-12,21H,1H3. The van der Waals surface area contributed by atoms with Crippen LogP contribution in [0.2, 0.25) is 0 Å². The van der Waals surface area contributed by atoms with Gasteiger partial charge in [0.1, 0.15) is 11.5 Å². The van der Waals surface area contributed by atoms with E-state index in [4.69, 9.17) is 4.74 Å². The Morgan fingerprint density at radius 2 is 1.45 bits per heavy atom. The third kappa shape index (κ3) is 1.76. The fourth-order valence-electron chi connectivity index (χ4n) is 2.93. The van der Waals surface area contributed by atoms with Crippen LogP contribution in [0.25, 0.3) is 0 Å². The molecular weight excluding hydrogens is 274 g/mol. The summed E-state index contributed by atoms with van der Waals surface area (Å²) >= 11 is 0. The first-order valence-electron chi connectivity index (χ1n) is 7.22. The number of rotatable bonds is 1. The molecule has 22 heavy (non-hydrogen) atoms. The Hall–Kier alpha value is -2.65. The molecule has 4 rings (SSSR count). The fraction of sp³-hybridized carbons (Fsp3) is 0.105. The van der Waals surface area contributed by atoms with E-state index in [0.717, 1.165) is 5.56 Å². The Balaban J connectivity index is 2.03. The van der Waals surface area contributed by atoms with E-state index in [9.17, 15) is 5.11 Å². The molecule has 0 bridgehead atoms. The number of hydrogen-bond acceptors (Lipinski definition) is 3. The normalized spacial score (nSPS) is 14.6. The largest absolute Gasteiger partial charge is 0.457 e. The van der Waals surface area contributed by atoms with Crippen molar-refractivity contribution in [2.75, 3.05) is 0 Å². The van der Waals surface area contributed by atoms with Gasteiger partial charge in [0.15, 0.2) is 5.60 Å². The molecule has 0 aliphatic carbocycles. The van der Waals surface area contributed by atoms with Crippen LogP contribution in [0.4, 0.5) is 0 Å². The minimum atomic E-state index is -1.31. The molecule has 0 saturated heterocycles. The fourth-order valence-corrected chi connectivity index (χ4v) is 2.93. The Bertz CT molecular complexity index is 795. The quantitative estimate of drug-likeness (QED) is 0.741. The van der Waals surface area contributed by atoms with Gasteiger partial charge in [0.2, 0.25) is 0 Å². The molecule has 2 heterocycles. The van der Waals surface area contributed by atoms with Gasteiger partial charge in [0.25, 0.3) is 0 Å². The third-order valence-electron chi connectivity index (χ3n) is 4.06. The van der Waals surface area contributed by atoms with Crippen LogP contribution in [0.5, 0.6) is 11.5 Å². The summed E-state index contributed by atoms with van der Waals surface area (Å²) in [7, 11) is 0. The van der Waals surface area contributed by atoms with Crippen LogP contribution in [0.3, 0.4) is 0 Å². The van der Waals surface area contributed by atoms with Gasteiger partial charge in [-0.15, -0.1) is 0 Å². The van der Waals surface area contributed by atoms with Gasteiger partial charge >= 0.3 is 0 Å². The van der Waals surface area contributed by atoms with Gasteiger partial charge in [0.05, 0.1) is 5.69 Å². The van der Waals surface area contributed by atoms with Crippen molar-refractivity contribution in [1.82, 2.24) is 4.98 Å². The molecule has 0 fully saturated rings. The number of nitrogens with zero attached hydrogens (tertiary/aromatic N) is 1. The second-order valence-electron chi connectivity index (χ2n) is 5.53. The van der Waals surface area contributed by atoms with E-state index >= 15 is 0 Å². The number of aromatic nitrogens is 1. The van der Waals surface area contributed by atoms with Crippen molar-refractivity contribution in [1.29, 1.82) is 0 Å². The summed E-state index contributed by atoms with van der Waals surface area (Å²) in [6.07, 6.45) is 1.77. The Morgan fingerprint density at radius 1 is 0.864 bits per heavy atom. The van der Waals surface area contributed by atoms with Crippen LogP contribution in [0.15, 0.2) is 66.9 Å². The molecule has 0 amide bonds. The smallest absolute Gasteiger partial charge is 0.164 e. The summed E-state index contributed by atoms with van der Waals surface area (Å²) in [6, 6.07) is 18.9. The Morgan fingerprint density at radius 3 is 2.00 bits per heavy atom. The molecule has 108 valence electrons. The maximum atomic E-state index is 11.6. The molecule has 0 spiro atoms. The van der Waals surface area contributed by atoms with E-state index < -0.39 is 5.60 Å². The monoisotopic (exact) mass is 289 g/mol. The molecule has 0 radical (unpaired) electrons. The molecule has 3 heteroatoms. The van der Waals surface area contributed by atoms with E-state index in [1.54, 1.807) is 6.20 Å². The molecule has 2 aromatic carbocycles. The minimum Gasteiger partial charge on any atom is -0.457 e. The molecular formula is C19H15NO2. The molecule has 3 nitrogen and oxygen atoms in total. The van der Waals surface area contributed by atoms with E-state index in [-0.39, 0.29) is 0 Å². The van der Waals surface area contributed by atoms with E-state index in [0.29, 0.717) is 28.3 Å². The van der Waals surface area contributed by atoms with Crippen molar-refractivity contribution in [2.45, 2.75) is 12.5 Å². The first-order chi connectivity index (χ1) is 10.7. The van der Waals surface area contributed by atoms with Crippen LogP contribution in [-0.4, -0.2) is 10.1 Å². The Labute approximate surface area is 128 Å². The first kappa shape index (κ1) is 13.0. The Kier molecular flexibility index (Phi) is 2.78. The summed E-state index contributed by atoms with van der Waals surface area (Å²) in [5.41, 5.74) is 1.77. The second kappa shape index (κ2) is 4.68. The summed E-state index contributed by atoms with van der Waals surface area (Å²) in [4.78, 5) is 4.47. The highest BCUT2D eigenvalue weighted by atomic mass is 16.5. The van der Waals surface area contributed by atoms with E-state index in [2.05, 4.69) is 4.98 Å². The SMILES string of the molecule is Cc1ccc(C2(O)c3ccccc3Oc3ccccc32)nc1. The molecule has 0 atom stereocenters. The van der Waals surface area contributed by atoms with Crippen molar-refractivity contribution in [3.8, 4) is 11.5 Å². The number of fused-ring (bicyclic) bond motifs is 2. The van der Waals surface area contributed by atoms with Gasteiger partial charge in [0, 0.05) is 17.3 Å². The van der Waals surface area contributed by atoms with Gasteiger partial charge in [-0.2, -0.15) is 0 Å². The molecule has 1 aliphatic heterocycles. The van der Waals surface area contributed by atoms with E-state index in [1.165, 1.54) is 0 Å². The lowest BCUT2D eigenvalue weighted by Crippen LogP contribution is -2.33. The van der Waals surface area contributed by atoms with Gasteiger partial charge in [-0.3, -0.25) is 4.98 Å². The van der Waals surface area contributed by atoms with Gasteiger partial charge in [-0.25, -0.2) is 0 Å². The average molecular weight is 289 g/mol. The van der Waals surface area contributed by atoms with Crippen molar-refractivity contribution in [2.24, 2.45) is 0 Å². The van der Waals surface area contributed by atoms with E-state index in [1.807, 2.05) is 67.6 Å². The predicted octanol–water partition coefficient (Wildman–Crippen LogP) is 3.78. The maximum Gasteiger partial charge on any atom is 0.164 e. The third-order valence-corrected chi connectivity index (χ3v) is 4.06. The number of benzene rings is 2. The number of para-hydroxylation sites is 2. The summed E-state index contributed by atoms with van der Waals surface area (Å²) in [6.45, 7) is 1.98. The summed E-state index contributed by atoms with van der Waals surface area (Å²) < 4.78 is 5.93. The zero-order valence-electron chi connectivity index (χ0n) is 12.2.